The number of carboxylic acids is 1. The van der Waals surface area contributed by atoms with Gasteiger partial charge in [-0.3, -0.25) is 4.79 Å². The highest BCUT2D eigenvalue weighted by Crippen LogP contribution is 2.39. The van der Waals surface area contributed by atoms with Crippen molar-refractivity contribution in [1.29, 1.82) is 0 Å². The van der Waals surface area contributed by atoms with Crippen LogP contribution in [-0.4, -0.2) is 45.7 Å². The van der Waals surface area contributed by atoms with E-state index in [1.807, 2.05) is 42.5 Å². The number of carbonyl (C=O) groups excluding carboxylic acids is 1. The zero-order chi connectivity index (χ0) is 22.9. The maximum Gasteiger partial charge on any atom is 0.347 e. The number of benzene rings is 3. The maximum absolute atomic E-state index is 13.1. The van der Waals surface area contributed by atoms with Gasteiger partial charge < -0.3 is 19.8 Å². The monoisotopic (exact) mass is 433 g/mol. The summed E-state index contributed by atoms with van der Waals surface area (Å²) in [6.45, 7) is 3.72. The smallest absolute Gasteiger partial charge is 0.347 e. The van der Waals surface area contributed by atoms with Crippen molar-refractivity contribution in [3.05, 3.63) is 77.9 Å². The first kappa shape index (κ1) is 21.8. The van der Waals surface area contributed by atoms with E-state index in [4.69, 9.17) is 4.74 Å². The molecule has 2 N–H and O–H groups in total. The van der Waals surface area contributed by atoms with E-state index in [0.29, 0.717) is 42.8 Å². The van der Waals surface area contributed by atoms with E-state index in [1.54, 1.807) is 29.2 Å². The Morgan fingerprint density at radius 2 is 1.56 bits per heavy atom. The molecule has 1 aliphatic heterocycles. The molecule has 6 nitrogen and oxygen atoms in total. The average molecular weight is 434 g/mol. The summed E-state index contributed by atoms with van der Waals surface area (Å²) in [5.41, 5.74) is -1.46. The van der Waals surface area contributed by atoms with Gasteiger partial charge in [0.1, 0.15) is 5.75 Å². The molecule has 6 heteroatoms. The van der Waals surface area contributed by atoms with Crippen molar-refractivity contribution in [2.75, 3.05) is 13.1 Å². The predicted molar refractivity (Wildman–Crippen MR) is 122 cm³/mol. The molecule has 4 rings (SSSR count). The van der Waals surface area contributed by atoms with Crippen LogP contribution in [0, 0.1) is 0 Å². The third-order valence-electron chi connectivity index (χ3n) is 6.14. The van der Waals surface area contributed by atoms with Crippen LogP contribution in [0.2, 0.25) is 0 Å². The molecule has 0 bridgehead atoms. The minimum atomic E-state index is -1.43. The fourth-order valence-electron chi connectivity index (χ4n) is 4.11. The molecule has 1 heterocycles. The first-order valence-electron chi connectivity index (χ1n) is 10.7. The Morgan fingerprint density at radius 3 is 2.25 bits per heavy atom. The molecule has 1 saturated heterocycles. The van der Waals surface area contributed by atoms with Crippen molar-refractivity contribution in [1.82, 2.24) is 4.90 Å². The van der Waals surface area contributed by atoms with Crippen LogP contribution in [0.15, 0.2) is 66.7 Å². The molecule has 0 unspecified atom stereocenters. The van der Waals surface area contributed by atoms with Crippen molar-refractivity contribution in [2.45, 2.75) is 37.9 Å². The normalized spacial score (nSPS) is 16.0. The Morgan fingerprint density at radius 1 is 0.938 bits per heavy atom. The molecule has 32 heavy (non-hydrogen) atoms. The molecule has 0 aromatic heterocycles. The number of piperidine rings is 1. The van der Waals surface area contributed by atoms with Gasteiger partial charge in [-0.15, -0.1) is 0 Å². The number of aliphatic hydroxyl groups is 1. The molecule has 0 spiro atoms. The van der Waals surface area contributed by atoms with Crippen LogP contribution in [-0.2, 0) is 10.4 Å². The molecule has 166 valence electrons. The van der Waals surface area contributed by atoms with Gasteiger partial charge in [0.05, 0.1) is 5.60 Å². The van der Waals surface area contributed by atoms with Crippen LogP contribution in [0.25, 0.3) is 10.8 Å². The van der Waals surface area contributed by atoms with E-state index in [9.17, 15) is 19.8 Å². The number of likely N-dealkylation sites (tertiary alicyclic amines) is 1. The second-order valence-electron chi connectivity index (χ2n) is 8.80. The van der Waals surface area contributed by atoms with Crippen LogP contribution < -0.4 is 4.74 Å². The predicted octanol–water partition coefficient (Wildman–Crippen LogP) is 4.21. The number of amides is 1. The van der Waals surface area contributed by atoms with Crippen LogP contribution >= 0.6 is 0 Å². The summed E-state index contributed by atoms with van der Waals surface area (Å²) in [7, 11) is 0. The summed E-state index contributed by atoms with van der Waals surface area (Å²) in [6, 6.07) is 20.6. The first-order chi connectivity index (χ1) is 15.2. The zero-order valence-corrected chi connectivity index (χ0v) is 18.2. The molecule has 0 aliphatic carbocycles. The lowest BCUT2D eigenvalue weighted by molar-refractivity contribution is -0.152. The fourth-order valence-corrected chi connectivity index (χ4v) is 4.11. The Kier molecular flexibility index (Phi) is 5.65. The molecule has 0 radical (unpaired) electrons. The van der Waals surface area contributed by atoms with Crippen molar-refractivity contribution in [3.8, 4) is 5.75 Å². The number of rotatable bonds is 5. The molecule has 1 fully saturated rings. The molecule has 0 atom stereocenters. The number of carboxylic acid groups (broad SMARTS) is 1. The topological polar surface area (TPSA) is 87.1 Å². The van der Waals surface area contributed by atoms with Crippen molar-refractivity contribution in [3.63, 3.8) is 0 Å². The number of nitrogens with zero attached hydrogens (tertiary/aromatic N) is 1. The van der Waals surface area contributed by atoms with Gasteiger partial charge in [0.15, 0.2) is 5.60 Å². The molecule has 1 amide bonds. The number of hydrogen-bond donors (Lipinski definition) is 2. The lowest BCUT2D eigenvalue weighted by Gasteiger charge is -2.39. The average Bonchev–Trinajstić information content (AvgIpc) is 2.79. The molecular weight excluding hydrogens is 406 g/mol. The SMILES string of the molecule is CC(C)(Oc1ccccc1C1(O)CCN(C(=O)c2ccc3ccccc3c2)CC1)C(=O)O. The number of aliphatic carboxylic acids is 1. The summed E-state index contributed by atoms with van der Waals surface area (Å²) in [5.74, 6) is -0.804. The highest BCUT2D eigenvalue weighted by Gasteiger charge is 2.39. The van der Waals surface area contributed by atoms with E-state index in [-0.39, 0.29) is 5.91 Å². The summed E-state index contributed by atoms with van der Waals surface area (Å²) in [4.78, 5) is 26.3. The second kappa shape index (κ2) is 8.28. The minimum absolute atomic E-state index is 0.0608. The summed E-state index contributed by atoms with van der Waals surface area (Å²) < 4.78 is 5.76. The third kappa shape index (κ3) is 4.18. The van der Waals surface area contributed by atoms with Gasteiger partial charge in [-0.2, -0.15) is 0 Å². The zero-order valence-electron chi connectivity index (χ0n) is 18.2. The third-order valence-corrected chi connectivity index (χ3v) is 6.14. The summed E-state index contributed by atoms with van der Waals surface area (Å²) in [5, 5.41) is 22.9. The Bertz CT molecular complexity index is 1160. The summed E-state index contributed by atoms with van der Waals surface area (Å²) in [6.07, 6.45) is 0.667. The number of carbonyl (C=O) groups is 2. The molecule has 0 saturated carbocycles. The van der Waals surface area contributed by atoms with Gasteiger partial charge in [-0.1, -0.05) is 48.5 Å². The number of ether oxygens (including phenoxy) is 1. The van der Waals surface area contributed by atoms with Crippen LogP contribution in [0.5, 0.6) is 5.75 Å². The van der Waals surface area contributed by atoms with Crippen molar-refractivity contribution in [2.24, 2.45) is 0 Å². The number of fused-ring (bicyclic) bond motifs is 1. The van der Waals surface area contributed by atoms with Crippen LogP contribution in [0.4, 0.5) is 0 Å². The molecular formula is C26H27NO5. The molecule has 1 aliphatic rings. The lowest BCUT2D eigenvalue weighted by Crippen LogP contribution is -2.46. The Hall–Kier alpha value is -3.38. The fraction of sp³-hybridized carbons (Fsp3) is 0.308. The van der Waals surface area contributed by atoms with Crippen LogP contribution in [0.1, 0.15) is 42.6 Å². The summed E-state index contributed by atoms with van der Waals surface area (Å²) >= 11 is 0. The van der Waals surface area contributed by atoms with Gasteiger partial charge in [0.25, 0.3) is 5.91 Å². The Balaban J connectivity index is 1.51. The first-order valence-corrected chi connectivity index (χ1v) is 10.7. The van der Waals surface area contributed by atoms with E-state index < -0.39 is 17.2 Å². The van der Waals surface area contributed by atoms with Crippen molar-refractivity contribution >= 4 is 22.6 Å². The Labute approximate surface area is 187 Å². The second-order valence-corrected chi connectivity index (χ2v) is 8.80. The van der Waals surface area contributed by atoms with Gasteiger partial charge in [-0.25, -0.2) is 4.79 Å². The van der Waals surface area contributed by atoms with Crippen molar-refractivity contribution < 1.29 is 24.5 Å². The molecule has 3 aromatic rings. The van der Waals surface area contributed by atoms with E-state index in [0.717, 1.165) is 10.8 Å². The van der Waals surface area contributed by atoms with E-state index in [2.05, 4.69) is 0 Å². The molecule has 3 aromatic carbocycles. The van der Waals surface area contributed by atoms with E-state index >= 15 is 0 Å². The van der Waals surface area contributed by atoms with Gasteiger partial charge in [-0.05, 0) is 55.7 Å². The minimum Gasteiger partial charge on any atom is -0.478 e. The van der Waals surface area contributed by atoms with Crippen LogP contribution in [0.3, 0.4) is 0 Å². The van der Waals surface area contributed by atoms with Gasteiger partial charge in [0.2, 0.25) is 0 Å². The highest BCUT2D eigenvalue weighted by atomic mass is 16.5. The quantitative estimate of drug-likeness (QED) is 0.630. The highest BCUT2D eigenvalue weighted by molar-refractivity contribution is 5.98. The number of para-hydroxylation sites is 1. The van der Waals surface area contributed by atoms with E-state index in [1.165, 1.54) is 13.8 Å². The van der Waals surface area contributed by atoms with Gasteiger partial charge >= 0.3 is 5.97 Å². The van der Waals surface area contributed by atoms with Gasteiger partial charge in [0, 0.05) is 24.2 Å². The lowest BCUT2D eigenvalue weighted by atomic mass is 9.83. The maximum atomic E-state index is 13.1. The standard InChI is InChI=1S/C26H27NO5/c1-25(2,24(29)30)32-22-10-6-5-9-21(22)26(31)13-15-27(16-14-26)23(28)20-12-11-18-7-3-4-8-19(18)17-20/h3-12,17,31H,13-16H2,1-2H3,(H,29,30). The number of hydrogen-bond acceptors (Lipinski definition) is 4. The largest absolute Gasteiger partial charge is 0.478 e.